The normalized spacial score (nSPS) is 19.4. The Morgan fingerprint density at radius 1 is 1.38 bits per heavy atom. The molecule has 0 radical (unpaired) electrons. The highest BCUT2D eigenvalue weighted by Crippen LogP contribution is 2.15. The maximum Gasteiger partial charge on any atom is 0.320 e. The molecule has 1 heterocycles. The van der Waals surface area contributed by atoms with Gasteiger partial charge in [0.2, 0.25) is 0 Å². The van der Waals surface area contributed by atoms with E-state index in [2.05, 4.69) is 0 Å². The van der Waals surface area contributed by atoms with Crippen LogP contribution in [0.4, 0.5) is 0 Å². The molecule has 1 saturated heterocycles. The number of hydrogen-bond acceptors (Lipinski definition) is 4. The molecule has 1 aliphatic rings. The smallest absolute Gasteiger partial charge is 0.320 e. The van der Waals surface area contributed by atoms with Crippen molar-refractivity contribution in [1.82, 2.24) is 4.90 Å². The van der Waals surface area contributed by atoms with E-state index < -0.39 is 5.60 Å². The van der Waals surface area contributed by atoms with E-state index in [4.69, 9.17) is 4.74 Å². The Hall–Kier alpha value is -0.900. The highest BCUT2D eigenvalue weighted by molar-refractivity contribution is 5.72. The maximum absolute atomic E-state index is 11.5. The van der Waals surface area contributed by atoms with Crippen molar-refractivity contribution in [2.45, 2.75) is 39.2 Å². The van der Waals surface area contributed by atoms with Crippen LogP contribution in [0.25, 0.3) is 0 Å². The summed E-state index contributed by atoms with van der Waals surface area (Å²) in [4.78, 5) is 24.2. The molecule has 0 saturated carbocycles. The first kappa shape index (κ1) is 13.2. The largest absolute Gasteiger partial charge is 0.459 e. The van der Waals surface area contributed by atoms with Gasteiger partial charge in [-0.25, -0.2) is 0 Å². The van der Waals surface area contributed by atoms with Crippen LogP contribution in [0.1, 0.15) is 33.6 Å². The predicted molar refractivity (Wildman–Crippen MR) is 61.1 cm³/mol. The van der Waals surface area contributed by atoms with Gasteiger partial charge in [0.1, 0.15) is 11.9 Å². The molecule has 0 bridgehead atoms. The second-order valence-corrected chi connectivity index (χ2v) is 5.34. The summed E-state index contributed by atoms with van der Waals surface area (Å²) in [6.45, 7) is 7.55. The summed E-state index contributed by atoms with van der Waals surface area (Å²) >= 11 is 0. The second kappa shape index (κ2) is 5.43. The van der Waals surface area contributed by atoms with Gasteiger partial charge in [0.25, 0.3) is 0 Å². The van der Waals surface area contributed by atoms with Crippen LogP contribution in [-0.4, -0.2) is 42.4 Å². The van der Waals surface area contributed by atoms with Crippen LogP contribution in [0.15, 0.2) is 0 Å². The highest BCUT2D eigenvalue weighted by atomic mass is 16.6. The molecule has 0 amide bonds. The van der Waals surface area contributed by atoms with Gasteiger partial charge in [0.15, 0.2) is 0 Å². The van der Waals surface area contributed by atoms with Crippen LogP contribution in [-0.2, 0) is 14.3 Å². The zero-order valence-corrected chi connectivity index (χ0v) is 10.4. The predicted octanol–water partition coefficient (Wildman–Crippen LogP) is 1.24. The Balaban J connectivity index is 2.28. The molecule has 4 nitrogen and oxygen atoms in total. The zero-order valence-electron chi connectivity index (χ0n) is 10.4. The fourth-order valence-electron chi connectivity index (χ4n) is 1.80. The summed E-state index contributed by atoms with van der Waals surface area (Å²) < 4.78 is 5.24. The van der Waals surface area contributed by atoms with Gasteiger partial charge in [-0.3, -0.25) is 9.69 Å². The Morgan fingerprint density at radius 2 is 1.94 bits per heavy atom. The molecular formula is C12H21NO3. The lowest BCUT2D eigenvalue weighted by molar-refractivity contribution is -0.156. The summed E-state index contributed by atoms with van der Waals surface area (Å²) in [5.74, 6) is -0.00746. The lowest BCUT2D eigenvalue weighted by Gasteiger charge is -2.29. The molecule has 0 spiro atoms. The number of carbonyl (C=O) groups is 2. The van der Waals surface area contributed by atoms with E-state index in [0.717, 1.165) is 32.2 Å². The number of hydrogen-bond donors (Lipinski definition) is 0. The molecular weight excluding hydrogens is 206 g/mol. The lowest BCUT2D eigenvalue weighted by Crippen LogP contribution is -2.40. The quantitative estimate of drug-likeness (QED) is 0.537. The van der Waals surface area contributed by atoms with Crippen molar-refractivity contribution in [3.63, 3.8) is 0 Å². The van der Waals surface area contributed by atoms with Crippen LogP contribution in [0.5, 0.6) is 0 Å². The van der Waals surface area contributed by atoms with E-state index in [9.17, 15) is 9.59 Å². The number of rotatable bonds is 3. The minimum absolute atomic E-state index is 0.176. The zero-order chi connectivity index (χ0) is 12.2. The van der Waals surface area contributed by atoms with Gasteiger partial charge in [-0.05, 0) is 46.7 Å². The fourth-order valence-corrected chi connectivity index (χ4v) is 1.80. The third-order valence-electron chi connectivity index (χ3n) is 2.60. The Kier molecular flexibility index (Phi) is 4.47. The minimum atomic E-state index is -0.418. The van der Waals surface area contributed by atoms with Crippen LogP contribution in [0, 0.1) is 5.92 Å². The Labute approximate surface area is 96.9 Å². The number of nitrogens with zero attached hydrogens (tertiary/aromatic N) is 1. The summed E-state index contributed by atoms with van der Waals surface area (Å²) in [6.07, 6.45) is 2.73. The number of likely N-dealkylation sites (tertiary alicyclic amines) is 1. The number of aldehydes is 1. The molecule has 0 aliphatic carbocycles. The summed E-state index contributed by atoms with van der Waals surface area (Å²) in [5.41, 5.74) is -0.418. The fraction of sp³-hybridized carbons (Fsp3) is 0.833. The topological polar surface area (TPSA) is 46.6 Å². The molecule has 0 N–H and O–H groups in total. The SMILES string of the molecule is CC(C)(C)OC(=O)CN1CCC(C=O)CC1. The van der Waals surface area contributed by atoms with Crippen molar-refractivity contribution in [1.29, 1.82) is 0 Å². The van der Waals surface area contributed by atoms with Crippen molar-refractivity contribution in [3.05, 3.63) is 0 Å². The highest BCUT2D eigenvalue weighted by Gasteiger charge is 2.23. The molecule has 16 heavy (non-hydrogen) atoms. The molecule has 1 aliphatic heterocycles. The van der Waals surface area contributed by atoms with Gasteiger partial charge in [-0.1, -0.05) is 0 Å². The third kappa shape index (κ3) is 4.75. The van der Waals surface area contributed by atoms with Crippen LogP contribution in [0.3, 0.4) is 0 Å². The van der Waals surface area contributed by atoms with Gasteiger partial charge in [0, 0.05) is 5.92 Å². The van der Waals surface area contributed by atoms with E-state index >= 15 is 0 Å². The van der Waals surface area contributed by atoms with Crippen molar-refractivity contribution < 1.29 is 14.3 Å². The molecule has 0 unspecified atom stereocenters. The van der Waals surface area contributed by atoms with Crippen LogP contribution < -0.4 is 0 Å². The van der Waals surface area contributed by atoms with Crippen molar-refractivity contribution in [2.24, 2.45) is 5.92 Å². The minimum Gasteiger partial charge on any atom is -0.459 e. The van der Waals surface area contributed by atoms with E-state index in [1.165, 1.54) is 0 Å². The van der Waals surface area contributed by atoms with E-state index in [0.29, 0.717) is 6.54 Å². The number of carbonyl (C=O) groups excluding carboxylic acids is 2. The van der Waals surface area contributed by atoms with Gasteiger partial charge < -0.3 is 9.53 Å². The molecule has 1 rings (SSSR count). The van der Waals surface area contributed by atoms with Crippen molar-refractivity contribution in [2.75, 3.05) is 19.6 Å². The molecule has 1 fully saturated rings. The first-order valence-electron chi connectivity index (χ1n) is 5.80. The van der Waals surface area contributed by atoms with Crippen LogP contribution >= 0.6 is 0 Å². The first-order valence-corrected chi connectivity index (χ1v) is 5.80. The third-order valence-corrected chi connectivity index (χ3v) is 2.60. The number of esters is 1. The van der Waals surface area contributed by atoms with E-state index in [1.54, 1.807) is 0 Å². The average Bonchev–Trinajstić information content (AvgIpc) is 2.16. The molecule has 0 aromatic rings. The average molecular weight is 227 g/mol. The summed E-state index contributed by atoms with van der Waals surface area (Å²) in [6, 6.07) is 0. The molecule has 92 valence electrons. The molecule has 0 atom stereocenters. The monoisotopic (exact) mass is 227 g/mol. The van der Waals surface area contributed by atoms with Gasteiger partial charge >= 0.3 is 5.97 Å². The lowest BCUT2D eigenvalue weighted by atomic mass is 9.99. The first-order chi connectivity index (χ1) is 7.40. The standard InChI is InChI=1S/C12H21NO3/c1-12(2,3)16-11(15)8-13-6-4-10(9-14)5-7-13/h9-10H,4-8H2,1-3H3. The van der Waals surface area contributed by atoms with Gasteiger partial charge in [-0.2, -0.15) is 0 Å². The van der Waals surface area contributed by atoms with Crippen molar-refractivity contribution >= 4 is 12.3 Å². The second-order valence-electron chi connectivity index (χ2n) is 5.34. The molecule has 4 heteroatoms. The van der Waals surface area contributed by atoms with Gasteiger partial charge in [0.05, 0.1) is 6.54 Å². The van der Waals surface area contributed by atoms with Crippen molar-refractivity contribution in [3.8, 4) is 0 Å². The summed E-state index contributed by atoms with van der Waals surface area (Å²) in [7, 11) is 0. The van der Waals surface area contributed by atoms with Crippen LogP contribution in [0.2, 0.25) is 0 Å². The van der Waals surface area contributed by atoms with E-state index in [1.807, 2.05) is 25.7 Å². The maximum atomic E-state index is 11.5. The number of ether oxygens (including phenoxy) is 1. The number of piperidine rings is 1. The molecule has 0 aromatic carbocycles. The van der Waals surface area contributed by atoms with E-state index in [-0.39, 0.29) is 11.9 Å². The Bertz CT molecular complexity index is 249. The summed E-state index contributed by atoms with van der Waals surface area (Å²) in [5, 5.41) is 0. The molecule has 0 aromatic heterocycles. The van der Waals surface area contributed by atoms with Gasteiger partial charge in [-0.15, -0.1) is 0 Å². The Morgan fingerprint density at radius 3 is 2.38 bits per heavy atom.